The lowest BCUT2D eigenvalue weighted by atomic mass is 10.0. The minimum atomic E-state index is -0.274. The second-order valence-electron chi connectivity index (χ2n) is 7.90. The molecule has 1 aromatic heterocycles. The zero-order valence-electron chi connectivity index (χ0n) is 16.7. The average Bonchev–Trinajstić information content (AvgIpc) is 3.44. The number of nitrogens with one attached hydrogen (secondary N) is 2. The normalized spacial score (nSPS) is 18.9. The molecule has 2 aromatic rings. The largest absolute Gasteiger partial charge is 0.369 e. The van der Waals surface area contributed by atoms with Crippen molar-refractivity contribution in [1.82, 2.24) is 15.2 Å². The van der Waals surface area contributed by atoms with Crippen molar-refractivity contribution in [2.45, 2.75) is 38.6 Å². The second-order valence-corrected chi connectivity index (χ2v) is 7.90. The lowest BCUT2D eigenvalue weighted by molar-refractivity contribution is 0.0939. The Hall–Kier alpha value is -2.34. The van der Waals surface area contributed by atoms with Crippen LogP contribution in [0.4, 0.5) is 10.1 Å². The maximum absolute atomic E-state index is 14.0. The number of anilines is 1. The first-order chi connectivity index (χ1) is 13.6. The first-order valence-electron chi connectivity index (χ1n) is 10.3. The minimum Gasteiger partial charge on any atom is -0.369 e. The number of halogens is 1. The summed E-state index contributed by atoms with van der Waals surface area (Å²) in [5.74, 6) is 0.111. The summed E-state index contributed by atoms with van der Waals surface area (Å²) in [5, 5.41) is 3.09. The molecular weight excluding hydrogens is 355 g/mol. The van der Waals surface area contributed by atoms with E-state index in [1.165, 1.54) is 6.07 Å². The molecule has 0 spiro atoms. The number of amides is 1. The van der Waals surface area contributed by atoms with Gasteiger partial charge in [-0.15, -0.1) is 0 Å². The van der Waals surface area contributed by atoms with E-state index in [0.29, 0.717) is 11.5 Å². The highest BCUT2D eigenvalue weighted by Crippen LogP contribution is 2.41. The third-order valence-corrected chi connectivity index (χ3v) is 5.97. The highest BCUT2D eigenvalue weighted by molar-refractivity contribution is 5.96. The van der Waals surface area contributed by atoms with Gasteiger partial charge in [0.2, 0.25) is 0 Å². The number of rotatable bonds is 6. The van der Waals surface area contributed by atoms with E-state index >= 15 is 0 Å². The summed E-state index contributed by atoms with van der Waals surface area (Å²) in [7, 11) is 0. The van der Waals surface area contributed by atoms with Crippen LogP contribution in [-0.4, -0.2) is 48.5 Å². The number of hydrogen-bond donors (Lipinski definition) is 2. The Bertz CT molecular complexity index is 837. The summed E-state index contributed by atoms with van der Waals surface area (Å²) in [6.07, 6.45) is 4.09. The van der Waals surface area contributed by atoms with Gasteiger partial charge in [-0.05, 0) is 56.5 Å². The maximum Gasteiger partial charge on any atom is 0.253 e. The van der Waals surface area contributed by atoms with Gasteiger partial charge >= 0.3 is 0 Å². The molecule has 28 heavy (non-hydrogen) atoms. The molecule has 1 amide bonds. The molecular formula is C22H29FN4O. The average molecular weight is 384 g/mol. The van der Waals surface area contributed by atoms with Gasteiger partial charge in [-0.3, -0.25) is 4.79 Å². The van der Waals surface area contributed by atoms with E-state index in [0.717, 1.165) is 62.5 Å². The van der Waals surface area contributed by atoms with Crippen molar-refractivity contribution >= 4 is 11.6 Å². The zero-order valence-corrected chi connectivity index (χ0v) is 16.7. The number of aromatic nitrogens is 1. The number of piperazine rings is 1. The Morgan fingerprint density at radius 3 is 2.68 bits per heavy atom. The molecule has 1 unspecified atom stereocenters. The van der Waals surface area contributed by atoms with E-state index in [1.54, 1.807) is 6.07 Å². The number of carbonyl (C=O) groups excluding carboxylic acids is 1. The standard InChI is InChI=1S/C22H29FN4O/c1-3-26-10-12-27(13-11-26)20-7-6-17(23)14-19(20)15(2)25-22(28)18-8-9-24-21(18)16-4-5-16/h6-9,14-16,24H,3-5,10-13H2,1-2H3,(H,25,28). The van der Waals surface area contributed by atoms with E-state index in [2.05, 4.69) is 27.0 Å². The predicted octanol–water partition coefficient (Wildman–Crippen LogP) is 3.66. The highest BCUT2D eigenvalue weighted by atomic mass is 19.1. The lowest BCUT2D eigenvalue weighted by Gasteiger charge is -2.37. The van der Waals surface area contributed by atoms with Crippen LogP contribution in [0.1, 0.15) is 60.3 Å². The number of aromatic amines is 1. The minimum absolute atomic E-state index is 0.0957. The molecule has 150 valence electrons. The molecule has 1 atom stereocenters. The molecule has 5 nitrogen and oxygen atoms in total. The van der Waals surface area contributed by atoms with Crippen molar-refractivity contribution in [3.8, 4) is 0 Å². The van der Waals surface area contributed by atoms with E-state index in [-0.39, 0.29) is 17.8 Å². The van der Waals surface area contributed by atoms with Crippen LogP contribution >= 0.6 is 0 Å². The summed E-state index contributed by atoms with van der Waals surface area (Å²) in [4.78, 5) is 20.8. The molecule has 0 radical (unpaired) electrons. The third kappa shape index (κ3) is 3.92. The van der Waals surface area contributed by atoms with Crippen LogP contribution < -0.4 is 10.2 Å². The van der Waals surface area contributed by atoms with Crippen molar-refractivity contribution in [3.05, 3.63) is 53.1 Å². The van der Waals surface area contributed by atoms with E-state index in [9.17, 15) is 9.18 Å². The van der Waals surface area contributed by atoms with Gasteiger partial charge in [-0.2, -0.15) is 0 Å². The van der Waals surface area contributed by atoms with Crippen LogP contribution in [0.15, 0.2) is 30.5 Å². The van der Waals surface area contributed by atoms with E-state index < -0.39 is 0 Å². The van der Waals surface area contributed by atoms with Gasteiger partial charge in [-0.1, -0.05) is 6.92 Å². The van der Waals surface area contributed by atoms with Crippen molar-refractivity contribution < 1.29 is 9.18 Å². The summed E-state index contributed by atoms with van der Waals surface area (Å²) in [6, 6.07) is 6.49. The van der Waals surface area contributed by atoms with Crippen LogP contribution in [0.25, 0.3) is 0 Å². The molecule has 2 fully saturated rings. The van der Waals surface area contributed by atoms with Crippen LogP contribution in [0, 0.1) is 5.82 Å². The molecule has 1 aliphatic carbocycles. The van der Waals surface area contributed by atoms with Crippen molar-refractivity contribution in [2.75, 3.05) is 37.6 Å². The second kappa shape index (κ2) is 7.95. The van der Waals surface area contributed by atoms with Crippen molar-refractivity contribution in [1.29, 1.82) is 0 Å². The zero-order chi connectivity index (χ0) is 19.7. The first kappa shape index (κ1) is 19.0. The molecule has 1 aliphatic heterocycles. The number of hydrogen-bond acceptors (Lipinski definition) is 3. The topological polar surface area (TPSA) is 51.4 Å². The smallest absolute Gasteiger partial charge is 0.253 e. The Morgan fingerprint density at radius 2 is 2.00 bits per heavy atom. The Morgan fingerprint density at radius 1 is 1.25 bits per heavy atom. The van der Waals surface area contributed by atoms with Gasteiger partial charge < -0.3 is 20.1 Å². The van der Waals surface area contributed by atoms with Crippen LogP contribution in [-0.2, 0) is 0 Å². The molecule has 2 aliphatic rings. The first-order valence-corrected chi connectivity index (χ1v) is 10.3. The Labute approximate surface area is 165 Å². The molecule has 1 aromatic carbocycles. The number of benzene rings is 1. The molecule has 2 heterocycles. The van der Waals surface area contributed by atoms with Crippen LogP contribution in [0.2, 0.25) is 0 Å². The fraction of sp³-hybridized carbons (Fsp3) is 0.500. The van der Waals surface area contributed by atoms with E-state index in [4.69, 9.17) is 0 Å². The molecule has 6 heteroatoms. The van der Waals surface area contributed by atoms with E-state index in [1.807, 2.05) is 25.3 Å². The molecule has 0 bridgehead atoms. The van der Waals surface area contributed by atoms with Crippen molar-refractivity contribution in [3.63, 3.8) is 0 Å². The third-order valence-electron chi connectivity index (χ3n) is 5.97. The van der Waals surface area contributed by atoms with Crippen molar-refractivity contribution in [2.24, 2.45) is 0 Å². The molecule has 2 N–H and O–H groups in total. The molecule has 4 rings (SSSR count). The lowest BCUT2D eigenvalue weighted by Crippen LogP contribution is -2.46. The summed E-state index contributed by atoms with van der Waals surface area (Å²) in [5.41, 5.74) is 3.59. The van der Waals surface area contributed by atoms with Gasteiger partial charge in [0.15, 0.2) is 0 Å². The summed E-state index contributed by atoms with van der Waals surface area (Å²) >= 11 is 0. The van der Waals surface area contributed by atoms with Gasteiger partial charge in [0.25, 0.3) is 5.91 Å². The van der Waals surface area contributed by atoms with Crippen LogP contribution in [0.5, 0.6) is 0 Å². The van der Waals surface area contributed by atoms with Gasteiger partial charge in [0.05, 0.1) is 11.6 Å². The summed E-state index contributed by atoms with van der Waals surface area (Å²) in [6.45, 7) is 8.99. The fourth-order valence-electron chi connectivity index (χ4n) is 4.11. The Balaban J connectivity index is 1.52. The van der Waals surface area contributed by atoms with Gasteiger partial charge in [0.1, 0.15) is 5.82 Å². The summed E-state index contributed by atoms with van der Waals surface area (Å²) < 4.78 is 14.0. The number of H-pyrrole nitrogens is 1. The molecule has 1 saturated heterocycles. The predicted molar refractivity (Wildman–Crippen MR) is 109 cm³/mol. The highest BCUT2D eigenvalue weighted by Gasteiger charge is 2.30. The van der Waals surface area contributed by atoms with Gasteiger partial charge in [0, 0.05) is 49.3 Å². The van der Waals surface area contributed by atoms with Gasteiger partial charge in [-0.25, -0.2) is 4.39 Å². The molecule has 1 saturated carbocycles. The van der Waals surface area contributed by atoms with Crippen LogP contribution in [0.3, 0.4) is 0 Å². The fourth-order valence-corrected chi connectivity index (χ4v) is 4.11. The SMILES string of the molecule is CCN1CCN(c2ccc(F)cc2C(C)NC(=O)c2cc[nH]c2C2CC2)CC1. The maximum atomic E-state index is 14.0. The monoisotopic (exact) mass is 384 g/mol. The number of nitrogens with zero attached hydrogens (tertiary/aromatic N) is 2. The quantitative estimate of drug-likeness (QED) is 0.799. The Kier molecular flexibility index (Phi) is 5.40. The number of likely N-dealkylation sites (N-methyl/N-ethyl adjacent to an activating group) is 1. The number of carbonyl (C=O) groups is 1.